The average molecular weight is 287 g/mol. The van der Waals surface area contributed by atoms with Crippen molar-refractivity contribution >= 4 is 16.0 Å². The molecular weight excluding hydrogens is 270 g/mol. The Balaban J connectivity index is 3.18. The van der Waals surface area contributed by atoms with Gasteiger partial charge < -0.3 is 9.84 Å². The van der Waals surface area contributed by atoms with Crippen LogP contribution in [0.1, 0.15) is 24.2 Å². The molecule has 0 radical (unpaired) electrons. The summed E-state index contributed by atoms with van der Waals surface area (Å²) in [5, 5.41) is 9.01. The van der Waals surface area contributed by atoms with Gasteiger partial charge in [-0.15, -0.1) is 0 Å². The maximum atomic E-state index is 12.2. The first-order valence-corrected chi connectivity index (χ1v) is 7.03. The van der Waals surface area contributed by atoms with Crippen LogP contribution < -0.4 is 4.72 Å². The van der Waals surface area contributed by atoms with Crippen LogP contribution in [-0.4, -0.2) is 38.7 Å². The van der Waals surface area contributed by atoms with E-state index < -0.39 is 21.5 Å². The fraction of sp³-hybridized carbons (Fsp3) is 0.417. The number of sulfonamides is 1. The van der Waals surface area contributed by atoms with Crippen molar-refractivity contribution in [3.8, 4) is 0 Å². The van der Waals surface area contributed by atoms with Gasteiger partial charge in [0.15, 0.2) is 0 Å². The Morgan fingerprint density at radius 3 is 2.47 bits per heavy atom. The first-order valence-electron chi connectivity index (χ1n) is 5.55. The van der Waals surface area contributed by atoms with Crippen molar-refractivity contribution in [2.45, 2.75) is 24.3 Å². The van der Waals surface area contributed by atoms with E-state index in [0.717, 1.165) is 0 Å². The number of rotatable bonds is 6. The highest BCUT2D eigenvalue weighted by Gasteiger charge is 2.29. The minimum absolute atomic E-state index is 0.168. The minimum atomic E-state index is -3.93. The van der Waals surface area contributed by atoms with Crippen LogP contribution in [0.3, 0.4) is 0 Å². The van der Waals surface area contributed by atoms with Gasteiger partial charge in [0, 0.05) is 7.11 Å². The monoisotopic (exact) mass is 287 g/mol. The summed E-state index contributed by atoms with van der Waals surface area (Å²) in [5.74, 6) is -1.29. The second kappa shape index (κ2) is 5.68. The van der Waals surface area contributed by atoms with Gasteiger partial charge in [0.2, 0.25) is 10.0 Å². The quantitative estimate of drug-likeness (QED) is 0.817. The standard InChI is InChI=1S/C12H17NO5S/c1-12(2,8-18-3)13-19(16,17)10-7-5-4-6-9(10)11(14)15/h4-7,13H,8H2,1-3H3,(H,14,15). The molecule has 0 bridgehead atoms. The molecule has 0 saturated heterocycles. The molecule has 0 heterocycles. The summed E-state index contributed by atoms with van der Waals surface area (Å²) < 4.78 is 31.8. The molecule has 0 aliphatic carbocycles. The number of hydrogen-bond donors (Lipinski definition) is 2. The molecule has 0 spiro atoms. The van der Waals surface area contributed by atoms with Gasteiger partial charge in [-0.3, -0.25) is 0 Å². The number of methoxy groups -OCH3 is 1. The average Bonchev–Trinajstić information content (AvgIpc) is 2.27. The number of ether oxygens (including phenoxy) is 1. The van der Waals surface area contributed by atoms with Crippen LogP contribution >= 0.6 is 0 Å². The van der Waals surface area contributed by atoms with E-state index in [1.165, 1.54) is 31.4 Å². The number of benzene rings is 1. The molecule has 106 valence electrons. The molecule has 0 fully saturated rings. The van der Waals surface area contributed by atoms with E-state index in [2.05, 4.69) is 4.72 Å². The van der Waals surface area contributed by atoms with Crippen molar-refractivity contribution in [2.24, 2.45) is 0 Å². The third-order valence-corrected chi connectivity index (χ3v) is 4.08. The Bertz CT molecular complexity index is 565. The van der Waals surface area contributed by atoms with Crippen molar-refractivity contribution in [1.29, 1.82) is 0 Å². The maximum absolute atomic E-state index is 12.2. The Hall–Kier alpha value is -1.44. The fourth-order valence-electron chi connectivity index (χ4n) is 1.69. The van der Waals surface area contributed by atoms with Crippen LogP contribution in [0.4, 0.5) is 0 Å². The fourth-order valence-corrected chi connectivity index (χ4v) is 3.29. The smallest absolute Gasteiger partial charge is 0.337 e. The summed E-state index contributed by atoms with van der Waals surface area (Å²) >= 11 is 0. The zero-order valence-corrected chi connectivity index (χ0v) is 11.8. The molecule has 19 heavy (non-hydrogen) atoms. The highest BCUT2D eigenvalue weighted by atomic mass is 32.2. The van der Waals surface area contributed by atoms with Crippen LogP contribution in [0.15, 0.2) is 29.2 Å². The third kappa shape index (κ3) is 4.02. The topological polar surface area (TPSA) is 92.7 Å². The number of carboxylic acids is 1. The lowest BCUT2D eigenvalue weighted by atomic mass is 10.1. The highest BCUT2D eigenvalue weighted by molar-refractivity contribution is 7.89. The summed E-state index contributed by atoms with van der Waals surface area (Å²) in [6, 6.07) is 5.46. The van der Waals surface area contributed by atoms with E-state index >= 15 is 0 Å². The number of nitrogens with one attached hydrogen (secondary N) is 1. The third-order valence-electron chi connectivity index (χ3n) is 2.32. The molecule has 0 aliphatic heterocycles. The van der Waals surface area contributed by atoms with E-state index in [1.54, 1.807) is 13.8 Å². The van der Waals surface area contributed by atoms with Crippen molar-refractivity contribution in [2.75, 3.05) is 13.7 Å². The van der Waals surface area contributed by atoms with E-state index in [1.807, 2.05) is 0 Å². The Kier molecular flexibility index (Phi) is 4.67. The summed E-state index contributed by atoms with van der Waals surface area (Å²) in [7, 11) is -2.47. The van der Waals surface area contributed by atoms with Gasteiger partial charge in [-0.1, -0.05) is 12.1 Å². The second-order valence-corrected chi connectivity index (χ2v) is 6.37. The molecule has 0 aliphatic rings. The number of carbonyl (C=O) groups is 1. The molecule has 1 aromatic carbocycles. The van der Waals surface area contributed by atoms with Crippen molar-refractivity contribution < 1.29 is 23.1 Å². The van der Waals surface area contributed by atoms with Gasteiger partial charge in [0.25, 0.3) is 0 Å². The molecule has 0 atom stereocenters. The number of hydrogen-bond acceptors (Lipinski definition) is 4. The minimum Gasteiger partial charge on any atom is -0.478 e. The SMILES string of the molecule is COCC(C)(C)NS(=O)(=O)c1ccccc1C(=O)O. The predicted molar refractivity (Wildman–Crippen MR) is 69.7 cm³/mol. The Morgan fingerprint density at radius 2 is 1.95 bits per heavy atom. The van der Waals surface area contributed by atoms with Gasteiger partial charge in [-0.2, -0.15) is 0 Å². The largest absolute Gasteiger partial charge is 0.478 e. The summed E-state index contributed by atoms with van der Waals surface area (Å²) in [4.78, 5) is 10.8. The Morgan fingerprint density at radius 1 is 1.37 bits per heavy atom. The molecule has 0 unspecified atom stereocenters. The summed E-state index contributed by atoms with van der Waals surface area (Å²) in [6.07, 6.45) is 0. The molecule has 1 aromatic rings. The zero-order chi connectivity index (χ0) is 14.7. The summed E-state index contributed by atoms with van der Waals surface area (Å²) in [6.45, 7) is 3.47. The van der Waals surface area contributed by atoms with Gasteiger partial charge in [0.1, 0.15) is 0 Å². The molecule has 0 amide bonds. The van der Waals surface area contributed by atoms with Crippen molar-refractivity contribution in [3.05, 3.63) is 29.8 Å². The molecule has 0 aromatic heterocycles. The van der Waals surface area contributed by atoms with E-state index in [-0.39, 0.29) is 17.1 Å². The maximum Gasteiger partial charge on any atom is 0.337 e. The lowest BCUT2D eigenvalue weighted by molar-refractivity contribution is 0.0692. The molecule has 1 rings (SSSR count). The van der Waals surface area contributed by atoms with Gasteiger partial charge >= 0.3 is 5.97 Å². The number of aromatic carboxylic acids is 1. The van der Waals surface area contributed by atoms with Crippen molar-refractivity contribution in [3.63, 3.8) is 0 Å². The molecular formula is C12H17NO5S. The first-order chi connectivity index (χ1) is 8.69. The molecule has 2 N–H and O–H groups in total. The highest BCUT2D eigenvalue weighted by Crippen LogP contribution is 2.18. The molecule has 7 heteroatoms. The molecule has 6 nitrogen and oxygen atoms in total. The van der Waals surface area contributed by atoms with Crippen LogP contribution in [0.2, 0.25) is 0 Å². The van der Waals surface area contributed by atoms with E-state index in [0.29, 0.717) is 0 Å². The lowest BCUT2D eigenvalue weighted by Gasteiger charge is -2.25. The molecule has 0 saturated carbocycles. The van der Waals surface area contributed by atoms with E-state index in [9.17, 15) is 13.2 Å². The van der Waals surface area contributed by atoms with Crippen LogP contribution in [0, 0.1) is 0 Å². The summed E-state index contributed by atoms with van der Waals surface area (Å²) in [5.41, 5.74) is -1.10. The normalized spacial score (nSPS) is 12.4. The van der Waals surface area contributed by atoms with Crippen molar-refractivity contribution in [1.82, 2.24) is 4.72 Å². The van der Waals surface area contributed by atoms with E-state index in [4.69, 9.17) is 9.84 Å². The predicted octanol–water partition coefficient (Wildman–Crippen LogP) is 1.09. The number of carboxylic acid groups (broad SMARTS) is 1. The second-order valence-electron chi connectivity index (χ2n) is 4.72. The van der Waals surface area contributed by atoms with Crippen LogP contribution in [0.25, 0.3) is 0 Å². The lowest BCUT2D eigenvalue weighted by Crippen LogP contribution is -2.46. The van der Waals surface area contributed by atoms with Gasteiger partial charge in [-0.05, 0) is 26.0 Å². The first kappa shape index (κ1) is 15.6. The van der Waals surface area contributed by atoms with Crippen LogP contribution in [0.5, 0.6) is 0 Å². The Labute approximate surface area is 112 Å². The van der Waals surface area contributed by atoms with Gasteiger partial charge in [-0.25, -0.2) is 17.9 Å². The zero-order valence-electron chi connectivity index (χ0n) is 11.0. The van der Waals surface area contributed by atoms with Crippen LogP contribution in [-0.2, 0) is 14.8 Å². The van der Waals surface area contributed by atoms with Gasteiger partial charge in [0.05, 0.1) is 22.6 Å².